The van der Waals surface area contributed by atoms with Gasteiger partial charge in [-0.25, -0.2) is 29.1 Å². The summed E-state index contributed by atoms with van der Waals surface area (Å²) in [5.74, 6) is 1.39. The van der Waals surface area contributed by atoms with E-state index in [2.05, 4.69) is 26.8 Å². The molecule has 6 heterocycles. The second kappa shape index (κ2) is 26.4. The molecule has 10 rings (SSSR count). The number of piperazine rings is 1. The fraction of sp³-hybridized carbons (Fsp3) is 0.386. The van der Waals surface area contributed by atoms with Crippen molar-refractivity contribution in [2.75, 3.05) is 99.7 Å². The minimum atomic E-state index is -1.25. The average Bonchev–Trinajstić information content (AvgIpc) is 3.83. The maximum Gasteiger partial charge on any atom is 0.347 e. The molecule has 4 aromatic carbocycles. The molecule has 3 aliphatic heterocycles. The molecule has 7 aromatic rings. The molecule has 2 atom stereocenters. The Balaban J connectivity index is 1.07. The maximum absolute atomic E-state index is 14.5. The number of ether oxygens (including phenoxy) is 9. The molecular weight excluding hydrogens is 1050 g/mol. The van der Waals surface area contributed by atoms with Crippen molar-refractivity contribution < 1.29 is 51.8 Å². The van der Waals surface area contributed by atoms with Gasteiger partial charge in [-0.2, -0.15) is 0 Å². The van der Waals surface area contributed by atoms with Crippen molar-refractivity contribution >= 4 is 50.7 Å². The van der Waals surface area contributed by atoms with Gasteiger partial charge in [-0.3, -0.25) is 4.90 Å². The molecule has 3 aromatic heterocycles. The molecule has 0 amide bonds. The van der Waals surface area contributed by atoms with Gasteiger partial charge in [-0.15, -0.1) is 11.3 Å². The van der Waals surface area contributed by atoms with Gasteiger partial charge in [0.15, 0.2) is 11.6 Å². The van der Waals surface area contributed by atoms with Gasteiger partial charge in [0.1, 0.15) is 60.1 Å². The SMILES string of the molecule is CCOC(=O)[C@H]1Cc2cc(ccc2OCc2ccnc(-c3ccccc3OCCOCCOCCOC)n2)OC[C@@H](CN2CCN(C)CC2)Oc2c(Cl)c(C)c(c(C)c2Cl)-c2c(-c3ccc(F)cc3)sc3ncnc(c23)O1. The van der Waals surface area contributed by atoms with E-state index in [1.54, 1.807) is 44.5 Å². The monoisotopic (exact) mass is 1110 g/mol. The third kappa shape index (κ3) is 13.6. The summed E-state index contributed by atoms with van der Waals surface area (Å²) in [5, 5.41) is 1.13. The minimum absolute atomic E-state index is 0.0311. The number of thiophene rings is 1. The first-order valence-corrected chi connectivity index (χ1v) is 27.1. The van der Waals surface area contributed by atoms with Crippen LogP contribution < -0.4 is 23.7 Å². The molecule has 77 heavy (non-hydrogen) atoms. The van der Waals surface area contributed by atoms with Crippen LogP contribution in [0.25, 0.3) is 43.2 Å². The van der Waals surface area contributed by atoms with E-state index in [1.165, 1.54) is 29.8 Å². The zero-order valence-corrected chi connectivity index (χ0v) is 46.0. The smallest absolute Gasteiger partial charge is 0.347 e. The highest BCUT2D eigenvalue weighted by Crippen LogP contribution is 2.53. The fourth-order valence-corrected chi connectivity index (χ4v) is 10.8. The van der Waals surface area contributed by atoms with Crippen molar-refractivity contribution in [2.45, 2.75) is 46.0 Å². The number of hydrogen-bond acceptors (Lipinski definition) is 17. The normalized spacial score (nSPS) is 16.1. The van der Waals surface area contributed by atoms with E-state index in [1.807, 2.05) is 50.2 Å². The van der Waals surface area contributed by atoms with E-state index in [-0.39, 0.29) is 37.9 Å². The van der Waals surface area contributed by atoms with E-state index in [9.17, 15) is 9.18 Å². The first kappa shape index (κ1) is 55.5. The largest absolute Gasteiger partial charge is 0.490 e. The maximum atomic E-state index is 14.5. The van der Waals surface area contributed by atoms with Gasteiger partial charge < -0.3 is 47.5 Å². The molecule has 0 N–H and O–H groups in total. The second-order valence-corrected chi connectivity index (χ2v) is 20.2. The number of methoxy groups -OCH3 is 1. The average molecular weight is 1110 g/mol. The van der Waals surface area contributed by atoms with Crippen molar-refractivity contribution in [3.8, 4) is 61.8 Å². The second-order valence-electron chi connectivity index (χ2n) is 18.5. The minimum Gasteiger partial charge on any atom is -0.490 e. The highest BCUT2D eigenvalue weighted by Gasteiger charge is 2.33. The quantitative estimate of drug-likeness (QED) is 0.0556. The number of para-hydroxylation sites is 1. The van der Waals surface area contributed by atoms with E-state index >= 15 is 0 Å². The zero-order chi connectivity index (χ0) is 53.8. The van der Waals surface area contributed by atoms with Crippen molar-refractivity contribution in [3.63, 3.8) is 0 Å². The number of esters is 1. The van der Waals surface area contributed by atoms with Crippen LogP contribution in [0.3, 0.4) is 0 Å². The Labute approximate surface area is 461 Å². The van der Waals surface area contributed by atoms with Crippen molar-refractivity contribution in [1.29, 1.82) is 0 Å². The Morgan fingerprint density at radius 2 is 1.57 bits per heavy atom. The molecule has 16 nitrogen and oxygen atoms in total. The predicted octanol–water partition coefficient (Wildman–Crippen LogP) is 10.1. The number of carbonyl (C=O) groups is 1. The molecule has 0 spiro atoms. The predicted molar refractivity (Wildman–Crippen MR) is 294 cm³/mol. The molecule has 1 saturated heterocycles. The lowest BCUT2D eigenvalue weighted by atomic mass is 9.92. The number of hydrogen-bond donors (Lipinski definition) is 0. The number of rotatable bonds is 19. The first-order chi connectivity index (χ1) is 37.5. The van der Waals surface area contributed by atoms with Gasteiger partial charge in [-0.1, -0.05) is 47.5 Å². The Kier molecular flexibility index (Phi) is 19.1. The number of halogens is 3. The zero-order valence-electron chi connectivity index (χ0n) is 43.7. The van der Waals surface area contributed by atoms with Crippen LogP contribution in [-0.2, 0) is 36.8 Å². The third-order valence-corrected chi connectivity index (χ3v) is 15.2. The van der Waals surface area contributed by atoms with Crippen LogP contribution in [0.1, 0.15) is 29.3 Å². The Morgan fingerprint density at radius 3 is 2.32 bits per heavy atom. The van der Waals surface area contributed by atoms with Crippen molar-refractivity contribution in [3.05, 3.63) is 124 Å². The highest BCUT2D eigenvalue weighted by molar-refractivity contribution is 7.22. The summed E-state index contributed by atoms with van der Waals surface area (Å²) < 4.78 is 69.4. The van der Waals surface area contributed by atoms with Gasteiger partial charge in [0, 0.05) is 68.5 Å². The molecular formula is C57H61Cl2FN6O10S. The van der Waals surface area contributed by atoms with Gasteiger partial charge in [-0.05, 0) is 98.6 Å². The summed E-state index contributed by atoms with van der Waals surface area (Å²) in [5.41, 5.74) is 5.25. The van der Waals surface area contributed by atoms with Crippen molar-refractivity contribution in [1.82, 2.24) is 29.7 Å². The number of benzene rings is 4. The van der Waals surface area contributed by atoms with Gasteiger partial charge in [0.25, 0.3) is 0 Å². The van der Waals surface area contributed by atoms with E-state index in [4.69, 9.17) is 75.8 Å². The molecule has 0 saturated carbocycles. The summed E-state index contributed by atoms with van der Waals surface area (Å²) in [6.07, 6.45) is 1.24. The van der Waals surface area contributed by atoms with Gasteiger partial charge >= 0.3 is 5.97 Å². The lowest BCUT2D eigenvalue weighted by Crippen LogP contribution is -2.49. The van der Waals surface area contributed by atoms with Crippen LogP contribution in [-0.4, -0.2) is 148 Å². The van der Waals surface area contributed by atoms with E-state index < -0.39 is 18.2 Å². The first-order valence-electron chi connectivity index (χ1n) is 25.5. The lowest BCUT2D eigenvalue weighted by molar-refractivity contribution is -0.151. The van der Waals surface area contributed by atoms with Crippen LogP contribution in [0.5, 0.6) is 28.9 Å². The lowest BCUT2D eigenvalue weighted by Gasteiger charge is -2.35. The van der Waals surface area contributed by atoms with Crippen LogP contribution in [0.4, 0.5) is 4.39 Å². The number of fused-ring (bicyclic) bond motifs is 7. The van der Waals surface area contributed by atoms with Crippen LogP contribution >= 0.6 is 34.5 Å². The number of likely N-dealkylation sites (N-methyl/N-ethyl adjacent to an activating group) is 1. The summed E-state index contributed by atoms with van der Waals surface area (Å²) in [6.45, 7) is 12.4. The van der Waals surface area contributed by atoms with Gasteiger partial charge in [0.2, 0.25) is 12.0 Å². The standard InChI is InChI=1S/C57H61Cl2FN6O10S/c1-6-71-57(67)46-30-38-29-41(15-16-44(38)74-32-40-17-18-61-54(64-40)43-9-7-8-10-45(43)72-28-27-70-26-25-69-24-23-68-5)73-33-42(31-66-21-19-65(4)20-22-66)75-52-50(58)35(2)47(36(3)51(52)59)48-49-55(76-46)62-34-63-56(49)77-53(48)37-11-13-39(60)14-12-37/h7-18,29,34,42,46H,6,19-28,30-33H2,1-5H3/t42-,46-/m1/s1. The molecule has 0 unspecified atom stereocenters. The van der Waals surface area contributed by atoms with Crippen LogP contribution in [0.15, 0.2) is 85.3 Å². The summed E-state index contributed by atoms with van der Waals surface area (Å²) >= 11 is 16.2. The Hall–Kier alpha value is -6.22. The molecule has 3 aliphatic rings. The summed E-state index contributed by atoms with van der Waals surface area (Å²) in [7, 11) is 3.74. The van der Waals surface area contributed by atoms with E-state index in [0.717, 1.165) is 31.1 Å². The molecule has 1 fully saturated rings. The number of nitrogens with zero attached hydrogens (tertiary/aromatic N) is 6. The van der Waals surface area contributed by atoms with Crippen LogP contribution in [0, 0.1) is 19.7 Å². The third-order valence-electron chi connectivity index (χ3n) is 13.1. The Bertz CT molecular complexity index is 3120. The number of carbonyl (C=O) groups excluding carboxylic acids is 1. The molecule has 406 valence electrons. The molecule has 0 aliphatic carbocycles. The summed E-state index contributed by atoms with van der Waals surface area (Å²) in [6, 6.07) is 21.0. The van der Waals surface area contributed by atoms with Gasteiger partial charge in [0.05, 0.1) is 66.3 Å². The van der Waals surface area contributed by atoms with E-state index in [0.29, 0.717) is 140 Å². The summed E-state index contributed by atoms with van der Waals surface area (Å²) in [4.78, 5) is 39.0. The molecule has 20 heteroatoms. The van der Waals surface area contributed by atoms with Crippen molar-refractivity contribution in [2.24, 2.45) is 0 Å². The fourth-order valence-electron chi connectivity index (χ4n) is 9.15. The molecule has 0 radical (unpaired) electrons. The highest BCUT2D eigenvalue weighted by atomic mass is 35.5. The Morgan fingerprint density at radius 1 is 0.831 bits per heavy atom. The topological polar surface area (TPSA) is 158 Å². The number of aromatic nitrogens is 4. The van der Waals surface area contributed by atoms with Crippen LogP contribution in [0.2, 0.25) is 10.0 Å². The molecule has 4 bridgehead atoms.